The molecule has 0 saturated carbocycles. The number of carbonyl (C=O) groups excluding carboxylic acids is 2. The molecule has 5 nitrogen and oxygen atoms in total. The van der Waals surface area contributed by atoms with Crippen molar-refractivity contribution in [1.29, 1.82) is 0 Å². The topological polar surface area (TPSA) is 66.1 Å². The fraction of sp³-hybridized carbons (Fsp3) is 0.192. The van der Waals surface area contributed by atoms with Gasteiger partial charge in [-0.25, -0.2) is 4.98 Å². The summed E-state index contributed by atoms with van der Waals surface area (Å²) < 4.78 is 0. The van der Waals surface area contributed by atoms with E-state index in [0.29, 0.717) is 24.2 Å². The Kier molecular flexibility index (Phi) is 5.08. The average molecular weight is 409 g/mol. The summed E-state index contributed by atoms with van der Waals surface area (Å²) in [6.45, 7) is 1.13. The van der Waals surface area contributed by atoms with Crippen LogP contribution in [-0.2, 0) is 0 Å². The second-order valence-corrected chi connectivity index (χ2v) is 8.03. The molecule has 0 aliphatic carbocycles. The molecule has 0 spiro atoms. The number of rotatable bonds is 4. The fourth-order valence-electron chi connectivity index (χ4n) is 4.32. The molecule has 3 aromatic carbocycles. The number of benzene rings is 3. The summed E-state index contributed by atoms with van der Waals surface area (Å²) in [5, 5.41) is 0. The standard InChI is InChI=1S/C26H23N3O2/c30-25(20-10-8-19(9-11-20)18-5-2-1-3-6-18)22-7-4-14-29(16-22)26(31)21-12-13-23-24(15-21)28-17-27-23/h1-3,5-6,8-13,15,17,22H,4,7,14,16H2,(H,27,28)/t22-/m1/s1. The van der Waals surface area contributed by atoms with Crippen molar-refractivity contribution in [3.05, 3.63) is 90.3 Å². The normalized spacial score (nSPS) is 16.4. The quantitative estimate of drug-likeness (QED) is 0.484. The van der Waals surface area contributed by atoms with Crippen LogP contribution in [0.4, 0.5) is 0 Å². The molecule has 1 saturated heterocycles. The third kappa shape index (κ3) is 3.87. The van der Waals surface area contributed by atoms with Gasteiger partial charge in [-0.05, 0) is 42.2 Å². The molecule has 5 rings (SSSR count). The number of amides is 1. The molecule has 0 bridgehead atoms. The van der Waals surface area contributed by atoms with Crippen LogP contribution in [0.2, 0.25) is 0 Å². The van der Waals surface area contributed by atoms with Crippen molar-refractivity contribution in [2.45, 2.75) is 12.8 Å². The first-order chi connectivity index (χ1) is 15.2. The Bertz CT molecular complexity index is 1230. The molecular formula is C26H23N3O2. The van der Waals surface area contributed by atoms with Gasteiger partial charge in [-0.2, -0.15) is 0 Å². The molecular weight excluding hydrogens is 386 g/mol. The fourth-order valence-corrected chi connectivity index (χ4v) is 4.32. The van der Waals surface area contributed by atoms with Gasteiger partial charge in [0.1, 0.15) is 0 Å². The van der Waals surface area contributed by atoms with Gasteiger partial charge in [0.15, 0.2) is 5.78 Å². The van der Waals surface area contributed by atoms with Crippen LogP contribution in [0, 0.1) is 5.92 Å². The SMILES string of the molecule is O=C(c1ccc(-c2ccccc2)cc1)[C@@H]1CCCN(C(=O)c2ccc3nc[nH]c3c2)C1. The van der Waals surface area contributed by atoms with Crippen LogP contribution in [-0.4, -0.2) is 39.6 Å². The van der Waals surface area contributed by atoms with Crippen molar-refractivity contribution in [1.82, 2.24) is 14.9 Å². The Morgan fingerprint density at radius 3 is 2.45 bits per heavy atom. The number of carbonyl (C=O) groups is 2. The van der Waals surface area contributed by atoms with Crippen LogP contribution >= 0.6 is 0 Å². The number of aromatic nitrogens is 2. The minimum Gasteiger partial charge on any atom is -0.345 e. The van der Waals surface area contributed by atoms with Crippen LogP contribution < -0.4 is 0 Å². The minimum absolute atomic E-state index is 0.0339. The molecule has 0 unspecified atom stereocenters. The highest BCUT2D eigenvalue weighted by Gasteiger charge is 2.29. The molecule has 0 radical (unpaired) electrons. The Labute approximate surface area is 180 Å². The third-order valence-electron chi connectivity index (χ3n) is 6.02. The lowest BCUT2D eigenvalue weighted by molar-refractivity contribution is 0.0637. The monoisotopic (exact) mass is 409 g/mol. The van der Waals surface area contributed by atoms with Crippen LogP contribution in [0.1, 0.15) is 33.6 Å². The van der Waals surface area contributed by atoms with Crippen molar-refractivity contribution in [2.24, 2.45) is 5.92 Å². The highest BCUT2D eigenvalue weighted by atomic mass is 16.2. The number of hydrogen-bond donors (Lipinski definition) is 1. The number of H-pyrrole nitrogens is 1. The third-order valence-corrected chi connectivity index (χ3v) is 6.02. The number of fused-ring (bicyclic) bond motifs is 1. The maximum Gasteiger partial charge on any atom is 0.253 e. The summed E-state index contributed by atoms with van der Waals surface area (Å²) in [5.74, 6) is -0.0919. The molecule has 1 atom stereocenters. The van der Waals surface area contributed by atoms with Crippen LogP contribution in [0.5, 0.6) is 0 Å². The molecule has 4 aromatic rings. The number of aromatic amines is 1. The van der Waals surface area contributed by atoms with Crippen LogP contribution in [0.25, 0.3) is 22.2 Å². The lowest BCUT2D eigenvalue weighted by Gasteiger charge is -2.32. The number of nitrogens with zero attached hydrogens (tertiary/aromatic N) is 2. The maximum absolute atomic E-state index is 13.1. The van der Waals surface area contributed by atoms with Crippen LogP contribution in [0.3, 0.4) is 0 Å². The number of Topliss-reactive ketones (excluding diaryl/α,β-unsaturated/α-hetero) is 1. The van der Waals surface area contributed by atoms with E-state index in [4.69, 9.17) is 0 Å². The lowest BCUT2D eigenvalue weighted by atomic mass is 9.89. The first-order valence-corrected chi connectivity index (χ1v) is 10.6. The zero-order chi connectivity index (χ0) is 21.2. The molecule has 1 aliphatic rings. The van der Waals surface area contributed by atoms with E-state index in [0.717, 1.165) is 35.0 Å². The van der Waals surface area contributed by atoms with Gasteiger partial charge in [0, 0.05) is 30.1 Å². The predicted molar refractivity (Wildman–Crippen MR) is 121 cm³/mol. The Morgan fingerprint density at radius 2 is 1.65 bits per heavy atom. The van der Waals surface area contributed by atoms with Gasteiger partial charge in [0.25, 0.3) is 5.91 Å². The summed E-state index contributed by atoms with van der Waals surface area (Å²) in [6.07, 6.45) is 3.26. The van der Waals surface area contributed by atoms with Gasteiger partial charge < -0.3 is 9.88 Å². The number of hydrogen-bond acceptors (Lipinski definition) is 3. The van der Waals surface area contributed by atoms with Gasteiger partial charge in [-0.1, -0.05) is 54.6 Å². The van der Waals surface area contributed by atoms with Crippen molar-refractivity contribution in [3.8, 4) is 11.1 Å². The Balaban J connectivity index is 1.30. The van der Waals surface area contributed by atoms with Crippen molar-refractivity contribution < 1.29 is 9.59 Å². The molecule has 1 aromatic heterocycles. The van der Waals surface area contributed by atoms with Crippen LogP contribution in [0.15, 0.2) is 79.1 Å². The second kappa shape index (κ2) is 8.19. The van der Waals surface area contributed by atoms with Gasteiger partial charge >= 0.3 is 0 Å². The summed E-state index contributed by atoms with van der Waals surface area (Å²) >= 11 is 0. The molecule has 1 aliphatic heterocycles. The maximum atomic E-state index is 13.1. The second-order valence-electron chi connectivity index (χ2n) is 8.03. The van der Waals surface area contributed by atoms with Crippen molar-refractivity contribution in [3.63, 3.8) is 0 Å². The summed E-state index contributed by atoms with van der Waals surface area (Å²) in [7, 11) is 0. The van der Waals surface area contributed by atoms with E-state index in [-0.39, 0.29) is 17.6 Å². The highest BCUT2D eigenvalue weighted by molar-refractivity contribution is 6.00. The van der Waals surface area contributed by atoms with Gasteiger partial charge in [-0.15, -0.1) is 0 Å². The summed E-state index contributed by atoms with van der Waals surface area (Å²) in [5.41, 5.74) is 5.23. The zero-order valence-corrected chi connectivity index (χ0v) is 17.1. The summed E-state index contributed by atoms with van der Waals surface area (Å²) in [4.78, 5) is 35.2. The molecule has 154 valence electrons. The van der Waals surface area contributed by atoms with E-state index >= 15 is 0 Å². The number of nitrogens with one attached hydrogen (secondary N) is 1. The van der Waals surface area contributed by atoms with E-state index < -0.39 is 0 Å². The van der Waals surface area contributed by atoms with E-state index in [1.165, 1.54) is 0 Å². The molecule has 1 N–H and O–H groups in total. The highest BCUT2D eigenvalue weighted by Crippen LogP contribution is 2.25. The van der Waals surface area contributed by atoms with Gasteiger partial charge in [0.05, 0.1) is 17.4 Å². The van der Waals surface area contributed by atoms with Gasteiger partial charge in [-0.3, -0.25) is 9.59 Å². The predicted octanol–water partition coefficient (Wildman–Crippen LogP) is 4.97. The van der Waals surface area contributed by atoms with Gasteiger partial charge in [0.2, 0.25) is 0 Å². The molecule has 2 heterocycles. The molecule has 1 fully saturated rings. The van der Waals surface area contributed by atoms with E-state index in [9.17, 15) is 9.59 Å². The zero-order valence-electron chi connectivity index (χ0n) is 17.1. The average Bonchev–Trinajstić information content (AvgIpc) is 3.32. The van der Waals surface area contributed by atoms with E-state index in [2.05, 4.69) is 22.1 Å². The molecule has 5 heteroatoms. The smallest absolute Gasteiger partial charge is 0.253 e. The first kappa shape index (κ1) is 19.2. The number of likely N-dealkylation sites (tertiary alicyclic amines) is 1. The Hall–Kier alpha value is -3.73. The number of ketones is 1. The minimum atomic E-state index is -0.170. The van der Waals surface area contributed by atoms with Crippen molar-refractivity contribution >= 4 is 22.7 Å². The van der Waals surface area contributed by atoms with Crippen molar-refractivity contribution in [2.75, 3.05) is 13.1 Å². The molecule has 31 heavy (non-hydrogen) atoms. The number of piperidine rings is 1. The largest absolute Gasteiger partial charge is 0.345 e. The lowest BCUT2D eigenvalue weighted by Crippen LogP contribution is -2.42. The Morgan fingerprint density at radius 1 is 0.903 bits per heavy atom. The molecule has 1 amide bonds. The van der Waals surface area contributed by atoms with E-state index in [1.807, 2.05) is 59.5 Å². The number of imidazole rings is 1. The first-order valence-electron chi connectivity index (χ1n) is 10.6. The van der Waals surface area contributed by atoms with E-state index in [1.54, 1.807) is 12.4 Å². The summed E-state index contributed by atoms with van der Waals surface area (Å²) in [6, 6.07) is 23.4.